The lowest BCUT2D eigenvalue weighted by molar-refractivity contribution is -0.387. The Morgan fingerprint density at radius 2 is 2.28 bits per heavy atom. The molecule has 0 saturated carbocycles. The van der Waals surface area contributed by atoms with Crippen molar-refractivity contribution in [1.29, 1.82) is 0 Å². The summed E-state index contributed by atoms with van der Waals surface area (Å²) in [5, 5.41) is 10.7. The monoisotopic (exact) mass is 271 g/mol. The normalized spacial score (nSPS) is 11.9. The fourth-order valence-electron chi connectivity index (χ4n) is 1.14. The van der Waals surface area contributed by atoms with Crippen molar-refractivity contribution in [3.63, 3.8) is 0 Å². The fraction of sp³-hybridized carbons (Fsp3) is 0.300. The third-order valence-corrected chi connectivity index (χ3v) is 2.93. The van der Waals surface area contributed by atoms with Crippen molar-refractivity contribution in [2.75, 3.05) is 13.7 Å². The molecule has 0 saturated heterocycles. The number of nitrogens with one attached hydrogen (secondary N) is 1. The van der Waals surface area contributed by atoms with Crippen molar-refractivity contribution in [2.45, 2.75) is 10.9 Å². The molecule has 0 aromatic heterocycles. The minimum absolute atomic E-state index is 0.00152. The Labute approximate surface area is 108 Å². The second-order valence-corrected chi connectivity index (χ2v) is 4.24. The van der Waals surface area contributed by atoms with E-state index in [0.717, 1.165) is 11.9 Å². The number of carbonyl (C=O) groups is 1. The van der Waals surface area contributed by atoms with Gasteiger partial charge in [-0.05, 0) is 18.0 Å². The molecular formula is C10H13N3O4S. The first-order chi connectivity index (χ1) is 8.56. The van der Waals surface area contributed by atoms with Crippen LogP contribution in [-0.4, -0.2) is 30.6 Å². The van der Waals surface area contributed by atoms with Crippen LogP contribution in [0.25, 0.3) is 0 Å². The number of nitrogens with zero attached hydrogens (tertiary/aromatic N) is 1. The van der Waals surface area contributed by atoms with E-state index < -0.39 is 16.9 Å². The maximum absolute atomic E-state index is 11.0. The second kappa shape index (κ2) is 6.94. The highest BCUT2D eigenvalue weighted by Crippen LogP contribution is 2.26. The van der Waals surface area contributed by atoms with Crippen LogP contribution in [0.1, 0.15) is 0 Å². The lowest BCUT2D eigenvalue weighted by Crippen LogP contribution is -2.39. The minimum Gasteiger partial charge on any atom is -0.468 e. The molecule has 0 bridgehead atoms. The van der Waals surface area contributed by atoms with E-state index in [1.54, 1.807) is 18.2 Å². The number of ether oxygens (including phenoxy) is 1. The van der Waals surface area contributed by atoms with Gasteiger partial charge in [0.05, 0.1) is 12.0 Å². The van der Waals surface area contributed by atoms with Gasteiger partial charge < -0.3 is 10.5 Å². The van der Waals surface area contributed by atoms with E-state index in [0.29, 0.717) is 4.90 Å². The topological polar surface area (TPSA) is 107 Å². The highest BCUT2D eigenvalue weighted by atomic mass is 32.2. The Kier molecular flexibility index (Phi) is 5.56. The number of rotatable bonds is 6. The van der Waals surface area contributed by atoms with Crippen LogP contribution in [0.4, 0.5) is 5.69 Å². The summed E-state index contributed by atoms with van der Waals surface area (Å²) in [6, 6.07) is 5.49. The molecule has 0 unspecified atom stereocenters. The van der Waals surface area contributed by atoms with Crippen LogP contribution in [0.3, 0.4) is 0 Å². The highest BCUT2D eigenvalue weighted by molar-refractivity contribution is 7.97. The molecule has 0 amide bonds. The van der Waals surface area contributed by atoms with Crippen LogP contribution in [0, 0.1) is 10.1 Å². The van der Waals surface area contributed by atoms with Crippen molar-refractivity contribution in [3.05, 3.63) is 34.4 Å². The van der Waals surface area contributed by atoms with Gasteiger partial charge in [0.2, 0.25) is 0 Å². The third-order valence-electron chi connectivity index (χ3n) is 2.05. The SMILES string of the molecule is COC(=O)[C@@H](N)CNSc1ccccc1[N+](=O)[O-]. The molecule has 0 radical (unpaired) electrons. The number of benzene rings is 1. The molecule has 1 aromatic rings. The number of carbonyl (C=O) groups excluding carboxylic acids is 1. The Morgan fingerprint density at radius 3 is 2.89 bits per heavy atom. The molecule has 0 fully saturated rings. The molecule has 0 heterocycles. The minimum atomic E-state index is -0.801. The van der Waals surface area contributed by atoms with E-state index in [2.05, 4.69) is 9.46 Å². The number of para-hydroxylation sites is 1. The number of nitro benzene ring substituents is 1. The zero-order valence-electron chi connectivity index (χ0n) is 9.66. The Hall–Kier alpha value is -1.64. The van der Waals surface area contributed by atoms with Crippen LogP contribution >= 0.6 is 11.9 Å². The van der Waals surface area contributed by atoms with Crippen molar-refractivity contribution in [3.8, 4) is 0 Å². The number of hydrogen-bond donors (Lipinski definition) is 2. The maximum atomic E-state index is 11.0. The van der Waals surface area contributed by atoms with Gasteiger partial charge in [-0.2, -0.15) is 0 Å². The summed E-state index contributed by atoms with van der Waals surface area (Å²) >= 11 is 1.05. The molecule has 0 aliphatic heterocycles. The van der Waals surface area contributed by atoms with Gasteiger partial charge in [-0.15, -0.1) is 0 Å². The number of nitrogens with two attached hydrogens (primary N) is 1. The van der Waals surface area contributed by atoms with E-state index >= 15 is 0 Å². The predicted molar refractivity (Wildman–Crippen MR) is 66.9 cm³/mol. The summed E-state index contributed by atoms with van der Waals surface area (Å²) in [4.78, 5) is 21.8. The molecule has 0 aliphatic rings. The summed E-state index contributed by atoms with van der Waals surface area (Å²) in [7, 11) is 1.25. The van der Waals surface area contributed by atoms with Crippen molar-refractivity contribution >= 4 is 23.6 Å². The van der Waals surface area contributed by atoms with Gasteiger partial charge in [0, 0.05) is 12.6 Å². The maximum Gasteiger partial charge on any atom is 0.323 e. The quantitative estimate of drug-likeness (QED) is 0.339. The smallest absolute Gasteiger partial charge is 0.323 e. The summed E-state index contributed by atoms with van der Waals surface area (Å²) < 4.78 is 7.25. The molecule has 1 aromatic carbocycles. The molecule has 1 atom stereocenters. The van der Waals surface area contributed by atoms with E-state index in [1.165, 1.54) is 13.2 Å². The Balaban J connectivity index is 2.54. The molecule has 7 nitrogen and oxygen atoms in total. The Morgan fingerprint density at radius 1 is 1.61 bits per heavy atom. The number of nitro groups is 1. The first-order valence-electron chi connectivity index (χ1n) is 5.02. The molecule has 8 heteroatoms. The standard InChI is InChI=1S/C10H13N3O4S/c1-17-10(14)7(11)6-12-18-9-5-3-2-4-8(9)13(15)16/h2-5,7,12H,6,11H2,1H3/t7-/m0/s1. The molecule has 3 N–H and O–H groups in total. The molecule has 18 heavy (non-hydrogen) atoms. The zero-order valence-corrected chi connectivity index (χ0v) is 10.5. The summed E-state index contributed by atoms with van der Waals surface area (Å²) in [5.41, 5.74) is 5.51. The number of methoxy groups -OCH3 is 1. The van der Waals surface area contributed by atoms with Gasteiger partial charge in [0.15, 0.2) is 0 Å². The summed E-state index contributed by atoms with van der Waals surface area (Å²) in [6.07, 6.45) is 0. The average Bonchev–Trinajstić information content (AvgIpc) is 2.38. The second-order valence-electron chi connectivity index (χ2n) is 3.31. The van der Waals surface area contributed by atoms with Gasteiger partial charge in [-0.1, -0.05) is 12.1 Å². The van der Waals surface area contributed by atoms with Gasteiger partial charge in [0.25, 0.3) is 5.69 Å². The summed E-state index contributed by atoms with van der Waals surface area (Å²) in [6.45, 7) is 0.156. The van der Waals surface area contributed by atoms with Crippen LogP contribution in [-0.2, 0) is 9.53 Å². The van der Waals surface area contributed by atoms with Crippen LogP contribution in [0.15, 0.2) is 29.2 Å². The van der Waals surface area contributed by atoms with Crippen LogP contribution in [0.2, 0.25) is 0 Å². The van der Waals surface area contributed by atoms with Gasteiger partial charge in [0.1, 0.15) is 10.9 Å². The van der Waals surface area contributed by atoms with Gasteiger partial charge in [-0.3, -0.25) is 19.6 Å². The highest BCUT2D eigenvalue weighted by Gasteiger charge is 2.16. The van der Waals surface area contributed by atoms with Crippen molar-refractivity contribution in [2.24, 2.45) is 5.73 Å². The molecule has 0 aliphatic carbocycles. The lowest BCUT2D eigenvalue weighted by atomic mass is 10.3. The average molecular weight is 271 g/mol. The number of hydrogen-bond acceptors (Lipinski definition) is 7. The molecule has 1 rings (SSSR count). The lowest BCUT2D eigenvalue weighted by Gasteiger charge is -2.09. The Bertz CT molecular complexity index is 441. The first-order valence-corrected chi connectivity index (χ1v) is 5.84. The number of esters is 1. The third kappa shape index (κ3) is 3.99. The van der Waals surface area contributed by atoms with Crippen molar-refractivity contribution < 1.29 is 14.5 Å². The van der Waals surface area contributed by atoms with E-state index in [-0.39, 0.29) is 12.2 Å². The fourth-order valence-corrected chi connectivity index (χ4v) is 1.95. The largest absolute Gasteiger partial charge is 0.468 e. The molecule has 0 spiro atoms. The van der Waals surface area contributed by atoms with E-state index in [9.17, 15) is 14.9 Å². The molecular weight excluding hydrogens is 258 g/mol. The van der Waals surface area contributed by atoms with Crippen molar-refractivity contribution in [1.82, 2.24) is 4.72 Å². The van der Waals surface area contributed by atoms with Crippen LogP contribution in [0.5, 0.6) is 0 Å². The van der Waals surface area contributed by atoms with E-state index in [4.69, 9.17) is 5.73 Å². The zero-order chi connectivity index (χ0) is 13.5. The van der Waals surface area contributed by atoms with Crippen LogP contribution < -0.4 is 10.5 Å². The summed E-state index contributed by atoms with van der Waals surface area (Å²) in [5.74, 6) is -0.536. The molecule has 98 valence electrons. The van der Waals surface area contributed by atoms with Gasteiger partial charge in [-0.25, -0.2) is 0 Å². The predicted octanol–water partition coefficient (Wildman–Crippen LogP) is 0.692. The van der Waals surface area contributed by atoms with Gasteiger partial charge >= 0.3 is 5.97 Å². The first kappa shape index (κ1) is 14.4. The van der Waals surface area contributed by atoms with E-state index in [1.807, 2.05) is 0 Å².